The number of anilines is 3. The maximum atomic E-state index is 2.51. The van der Waals surface area contributed by atoms with Crippen molar-refractivity contribution in [2.45, 2.75) is 64.7 Å². The van der Waals surface area contributed by atoms with Gasteiger partial charge in [0.05, 0.1) is 5.69 Å². The number of hydrogen-bond donors (Lipinski definition) is 0. The first-order valence-electron chi connectivity index (χ1n) is 19.8. The zero-order valence-electron chi connectivity index (χ0n) is 33.0. The van der Waals surface area contributed by atoms with Crippen molar-refractivity contribution in [1.29, 1.82) is 0 Å². The lowest BCUT2D eigenvalue weighted by atomic mass is 9.80. The van der Waals surface area contributed by atoms with Gasteiger partial charge in [-0.15, -0.1) is 0 Å². The van der Waals surface area contributed by atoms with Gasteiger partial charge in [0.15, 0.2) is 0 Å². The summed E-state index contributed by atoms with van der Waals surface area (Å²) in [4.78, 5) is 2.51. The summed E-state index contributed by atoms with van der Waals surface area (Å²) in [6.45, 7) is 16.4. The molecule has 55 heavy (non-hydrogen) atoms. The summed E-state index contributed by atoms with van der Waals surface area (Å²) < 4.78 is 0. The Balaban J connectivity index is 1.24. The minimum Gasteiger partial charge on any atom is -0.310 e. The van der Waals surface area contributed by atoms with Gasteiger partial charge in [0.1, 0.15) is 0 Å². The van der Waals surface area contributed by atoms with E-state index in [4.69, 9.17) is 0 Å². The lowest BCUT2D eigenvalue weighted by Gasteiger charge is -2.30. The lowest BCUT2D eigenvalue weighted by Crippen LogP contribution is -2.16. The molecule has 0 saturated carbocycles. The number of fused-ring (bicyclic) bond motifs is 9. The van der Waals surface area contributed by atoms with Crippen LogP contribution < -0.4 is 4.90 Å². The van der Waals surface area contributed by atoms with Crippen LogP contribution in [0, 0.1) is 0 Å². The summed E-state index contributed by atoms with van der Waals surface area (Å²) in [7, 11) is 0. The van der Waals surface area contributed by atoms with Crippen LogP contribution in [0.15, 0.2) is 158 Å². The molecule has 10 rings (SSSR count). The maximum absolute atomic E-state index is 2.51. The van der Waals surface area contributed by atoms with Gasteiger partial charge < -0.3 is 4.90 Å². The lowest BCUT2D eigenvalue weighted by molar-refractivity contribution is 0.590. The Morgan fingerprint density at radius 1 is 0.436 bits per heavy atom. The molecule has 0 aromatic heterocycles. The fourth-order valence-corrected chi connectivity index (χ4v) is 9.91. The Labute approximate surface area is 325 Å². The minimum absolute atomic E-state index is 0.0489. The molecule has 268 valence electrons. The van der Waals surface area contributed by atoms with Crippen LogP contribution in [0.4, 0.5) is 17.1 Å². The maximum Gasteiger partial charge on any atom is 0.0546 e. The fourth-order valence-electron chi connectivity index (χ4n) is 9.91. The summed E-state index contributed by atoms with van der Waals surface area (Å²) >= 11 is 0. The van der Waals surface area contributed by atoms with E-state index in [1.54, 1.807) is 0 Å². The van der Waals surface area contributed by atoms with Crippen LogP contribution in [-0.2, 0) is 16.2 Å². The molecule has 8 aromatic rings. The topological polar surface area (TPSA) is 3.24 Å². The van der Waals surface area contributed by atoms with Crippen molar-refractivity contribution >= 4 is 38.6 Å². The molecule has 0 bridgehead atoms. The highest BCUT2D eigenvalue weighted by Gasteiger charge is 2.38. The second-order valence-electron chi connectivity index (χ2n) is 17.8. The molecule has 0 aliphatic heterocycles. The molecule has 1 nitrogen and oxygen atoms in total. The Kier molecular flexibility index (Phi) is 7.21. The van der Waals surface area contributed by atoms with E-state index in [9.17, 15) is 0 Å². The summed E-state index contributed by atoms with van der Waals surface area (Å²) in [5.41, 5.74) is 18.1. The van der Waals surface area contributed by atoms with Crippen LogP contribution >= 0.6 is 0 Å². The predicted octanol–water partition coefficient (Wildman–Crippen LogP) is 15.0. The minimum atomic E-state index is -0.119. The van der Waals surface area contributed by atoms with Gasteiger partial charge in [-0.3, -0.25) is 0 Å². The smallest absolute Gasteiger partial charge is 0.0546 e. The van der Waals surface area contributed by atoms with Gasteiger partial charge >= 0.3 is 0 Å². The Morgan fingerprint density at radius 2 is 1.02 bits per heavy atom. The van der Waals surface area contributed by atoms with Crippen molar-refractivity contribution in [1.82, 2.24) is 0 Å². The van der Waals surface area contributed by atoms with Crippen molar-refractivity contribution < 1.29 is 0 Å². The average molecular weight is 710 g/mol. The Bertz CT molecular complexity index is 2840. The van der Waals surface area contributed by atoms with Crippen molar-refractivity contribution in [2.75, 3.05) is 4.90 Å². The van der Waals surface area contributed by atoms with Crippen LogP contribution in [0.3, 0.4) is 0 Å². The fraction of sp³-hybridized carbons (Fsp3) is 0.185. The van der Waals surface area contributed by atoms with Gasteiger partial charge in [-0.2, -0.15) is 0 Å². The molecule has 0 heterocycles. The Hall–Kier alpha value is -5.92. The molecule has 1 heteroatoms. The first-order valence-corrected chi connectivity index (χ1v) is 19.8. The molecular formula is C54H47N. The van der Waals surface area contributed by atoms with Crippen LogP contribution in [-0.4, -0.2) is 0 Å². The van der Waals surface area contributed by atoms with E-state index in [1.165, 1.54) is 88.4 Å². The van der Waals surface area contributed by atoms with Crippen molar-refractivity contribution in [3.05, 3.63) is 186 Å². The van der Waals surface area contributed by atoms with E-state index in [1.807, 2.05) is 0 Å². The number of hydrogen-bond acceptors (Lipinski definition) is 1. The molecule has 0 N–H and O–H groups in total. The van der Waals surface area contributed by atoms with E-state index in [-0.39, 0.29) is 16.2 Å². The largest absolute Gasteiger partial charge is 0.310 e. The van der Waals surface area contributed by atoms with E-state index < -0.39 is 0 Å². The molecule has 2 aliphatic carbocycles. The molecule has 0 fully saturated rings. The highest BCUT2D eigenvalue weighted by atomic mass is 15.1. The van der Waals surface area contributed by atoms with Gasteiger partial charge in [-0.1, -0.05) is 170 Å². The number of rotatable bonds is 4. The third-order valence-corrected chi connectivity index (χ3v) is 12.8. The highest BCUT2D eigenvalue weighted by molar-refractivity contribution is 6.07. The SMILES string of the molecule is CC(C)(C)c1ccc(N(c2ccc3c(c2)-c2ccc4ccccc4c2C3(C)C)c2ccc3ccccc3c2-c2ccc3c(c2)-c2ccccc2C3(C)C)cc1. The molecule has 8 aromatic carbocycles. The normalized spacial score (nSPS) is 14.7. The van der Waals surface area contributed by atoms with Gasteiger partial charge in [0, 0.05) is 27.8 Å². The molecular weight excluding hydrogens is 663 g/mol. The van der Waals surface area contributed by atoms with Crippen LogP contribution in [0.2, 0.25) is 0 Å². The van der Waals surface area contributed by atoms with E-state index in [0.717, 1.165) is 11.4 Å². The molecule has 0 amide bonds. The van der Waals surface area contributed by atoms with Crippen LogP contribution in [0.1, 0.15) is 76.3 Å². The third-order valence-electron chi connectivity index (χ3n) is 12.8. The molecule has 0 spiro atoms. The predicted molar refractivity (Wildman–Crippen MR) is 235 cm³/mol. The molecule has 0 saturated heterocycles. The quantitative estimate of drug-likeness (QED) is 0.176. The van der Waals surface area contributed by atoms with Gasteiger partial charge in [0.25, 0.3) is 0 Å². The molecule has 2 aliphatic rings. The first-order chi connectivity index (χ1) is 26.4. The van der Waals surface area contributed by atoms with Gasteiger partial charge in [0.2, 0.25) is 0 Å². The second-order valence-corrected chi connectivity index (χ2v) is 17.8. The molecule has 0 unspecified atom stereocenters. The van der Waals surface area contributed by atoms with E-state index >= 15 is 0 Å². The standard InChI is InChI=1S/C54H47N/c1-52(2,3)37-23-25-38(26-24-37)55(39-27-30-48-45(33-39)43-28-20-35-15-9-11-17-41(35)51(43)54(48,6)7)49-31-22-34-14-8-10-16-40(34)50(49)36-21-29-47-44(32-36)42-18-12-13-19-46(42)53(47,4)5/h8-33H,1-7H3. The molecule has 0 radical (unpaired) electrons. The zero-order chi connectivity index (χ0) is 37.9. The van der Waals surface area contributed by atoms with E-state index in [2.05, 4.69) is 211 Å². The number of nitrogens with zero attached hydrogens (tertiary/aromatic N) is 1. The summed E-state index contributed by atoms with van der Waals surface area (Å²) in [6.07, 6.45) is 0. The first kappa shape index (κ1) is 33.6. The van der Waals surface area contributed by atoms with E-state index in [0.29, 0.717) is 0 Å². The van der Waals surface area contributed by atoms with Gasteiger partial charge in [-0.25, -0.2) is 0 Å². The summed E-state index contributed by atoms with van der Waals surface area (Å²) in [6, 6.07) is 59.7. The summed E-state index contributed by atoms with van der Waals surface area (Å²) in [5.74, 6) is 0. The summed E-state index contributed by atoms with van der Waals surface area (Å²) in [5, 5.41) is 5.13. The van der Waals surface area contributed by atoms with Crippen LogP contribution in [0.5, 0.6) is 0 Å². The second kappa shape index (κ2) is 11.8. The van der Waals surface area contributed by atoms with Crippen LogP contribution in [0.25, 0.3) is 54.9 Å². The highest BCUT2D eigenvalue weighted by Crippen LogP contribution is 2.55. The van der Waals surface area contributed by atoms with Crippen molar-refractivity contribution in [2.24, 2.45) is 0 Å². The monoisotopic (exact) mass is 709 g/mol. The Morgan fingerprint density at radius 3 is 1.78 bits per heavy atom. The third kappa shape index (κ3) is 4.99. The van der Waals surface area contributed by atoms with Crippen molar-refractivity contribution in [3.8, 4) is 33.4 Å². The number of benzene rings is 8. The van der Waals surface area contributed by atoms with Gasteiger partial charge in [-0.05, 0) is 119 Å². The van der Waals surface area contributed by atoms with Crippen molar-refractivity contribution in [3.63, 3.8) is 0 Å². The zero-order valence-corrected chi connectivity index (χ0v) is 33.0. The molecule has 0 atom stereocenters. The average Bonchev–Trinajstić information content (AvgIpc) is 3.56.